The Morgan fingerprint density at radius 1 is 1.20 bits per heavy atom. The fourth-order valence-electron chi connectivity index (χ4n) is 4.45. The molecule has 30 heavy (non-hydrogen) atoms. The van der Waals surface area contributed by atoms with Crippen molar-refractivity contribution in [1.82, 2.24) is 4.90 Å². The molecule has 2 amide bonds. The molecule has 0 saturated carbocycles. The smallest absolute Gasteiger partial charge is 0.323 e. The number of aliphatic hydroxyl groups is 1. The van der Waals surface area contributed by atoms with Crippen molar-refractivity contribution in [1.29, 1.82) is 5.26 Å². The standard InChI is InChI=1S/C24H24FN3O2/c25-19-8-4-5-9-20(19)27-24(30)28-21(14-26)23(22(28)15-29)18-12-10-17(11-13-18)16-6-2-1-3-7-16/h4-6,8-13,21-23,29H,1-3,7,15H2,(H,27,30)/t21-,22-,23-/m1/s1. The van der Waals surface area contributed by atoms with Crippen LogP contribution in [0.4, 0.5) is 14.9 Å². The van der Waals surface area contributed by atoms with Crippen molar-refractivity contribution < 1.29 is 14.3 Å². The highest BCUT2D eigenvalue weighted by Crippen LogP contribution is 2.41. The molecule has 2 aromatic rings. The molecule has 0 unspecified atom stereocenters. The van der Waals surface area contributed by atoms with Crippen LogP contribution in [0.2, 0.25) is 0 Å². The van der Waals surface area contributed by atoms with Crippen molar-refractivity contribution in [3.63, 3.8) is 0 Å². The molecule has 1 aliphatic heterocycles. The lowest BCUT2D eigenvalue weighted by atomic mass is 9.75. The van der Waals surface area contributed by atoms with Crippen molar-refractivity contribution in [2.24, 2.45) is 0 Å². The van der Waals surface area contributed by atoms with Crippen LogP contribution >= 0.6 is 0 Å². The summed E-state index contributed by atoms with van der Waals surface area (Å²) in [5.41, 5.74) is 3.49. The predicted molar refractivity (Wildman–Crippen MR) is 113 cm³/mol. The monoisotopic (exact) mass is 405 g/mol. The highest BCUT2D eigenvalue weighted by atomic mass is 19.1. The Hall–Kier alpha value is -3.17. The van der Waals surface area contributed by atoms with Gasteiger partial charge in [0.1, 0.15) is 11.9 Å². The topological polar surface area (TPSA) is 76.4 Å². The molecule has 0 spiro atoms. The number of para-hydroxylation sites is 1. The van der Waals surface area contributed by atoms with Crippen molar-refractivity contribution >= 4 is 17.3 Å². The number of amides is 2. The minimum absolute atomic E-state index is 0.0458. The van der Waals surface area contributed by atoms with Crippen LogP contribution in [0.15, 0.2) is 54.6 Å². The van der Waals surface area contributed by atoms with E-state index in [0.717, 1.165) is 18.4 Å². The summed E-state index contributed by atoms with van der Waals surface area (Å²) >= 11 is 0. The second-order valence-corrected chi connectivity index (χ2v) is 7.76. The zero-order valence-electron chi connectivity index (χ0n) is 16.6. The van der Waals surface area contributed by atoms with Gasteiger partial charge in [0.2, 0.25) is 0 Å². The van der Waals surface area contributed by atoms with Crippen molar-refractivity contribution in [3.8, 4) is 6.07 Å². The Labute approximate surface area is 175 Å². The molecule has 4 rings (SSSR count). The van der Waals surface area contributed by atoms with Gasteiger partial charge in [0, 0.05) is 5.92 Å². The molecule has 1 heterocycles. The van der Waals surface area contributed by atoms with E-state index >= 15 is 0 Å². The summed E-state index contributed by atoms with van der Waals surface area (Å²) in [6.45, 7) is -0.277. The van der Waals surface area contributed by atoms with Crippen LogP contribution in [0, 0.1) is 17.1 Å². The average Bonchev–Trinajstić information content (AvgIpc) is 2.76. The molecule has 0 aromatic heterocycles. The third-order valence-corrected chi connectivity index (χ3v) is 6.04. The van der Waals surface area contributed by atoms with Gasteiger partial charge in [-0.2, -0.15) is 5.26 Å². The summed E-state index contributed by atoms with van der Waals surface area (Å²) < 4.78 is 13.9. The number of hydrogen-bond acceptors (Lipinski definition) is 3. The van der Waals surface area contributed by atoms with E-state index in [0.29, 0.717) is 0 Å². The minimum atomic E-state index is -0.728. The number of carbonyl (C=O) groups excluding carboxylic acids is 1. The van der Waals surface area contributed by atoms with Gasteiger partial charge in [-0.15, -0.1) is 0 Å². The summed E-state index contributed by atoms with van der Waals surface area (Å²) in [6.07, 6.45) is 6.90. The van der Waals surface area contributed by atoms with Gasteiger partial charge in [-0.1, -0.05) is 42.5 Å². The lowest BCUT2D eigenvalue weighted by Gasteiger charge is -2.51. The molecule has 3 atom stereocenters. The lowest BCUT2D eigenvalue weighted by molar-refractivity contribution is 0.0223. The zero-order chi connectivity index (χ0) is 21.1. The number of allylic oxidation sites excluding steroid dienone is 2. The average molecular weight is 405 g/mol. The van der Waals surface area contributed by atoms with E-state index in [-0.39, 0.29) is 18.2 Å². The second-order valence-electron chi connectivity index (χ2n) is 7.76. The van der Waals surface area contributed by atoms with Crippen LogP contribution in [-0.4, -0.2) is 34.7 Å². The Morgan fingerprint density at radius 2 is 1.97 bits per heavy atom. The van der Waals surface area contributed by atoms with Crippen LogP contribution in [0.3, 0.4) is 0 Å². The Kier molecular flexibility index (Phi) is 5.82. The summed E-state index contributed by atoms with van der Waals surface area (Å²) in [5.74, 6) is -0.842. The minimum Gasteiger partial charge on any atom is -0.394 e. The van der Waals surface area contributed by atoms with E-state index in [1.165, 1.54) is 47.1 Å². The molecule has 1 aliphatic carbocycles. The number of rotatable bonds is 4. The number of aliphatic hydroxyl groups excluding tert-OH is 1. The number of halogens is 1. The number of nitriles is 1. The molecular formula is C24H24FN3O2. The SMILES string of the molecule is N#C[C@@H]1[C@@H](c2ccc(C3=CCCCC3)cc2)[C@@H](CO)N1C(=O)Nc1ccccc1F. The first kappa shape index (κ1) is 20.1. The van der Waals surface area contributed by atoms with Crippen LogP contribution in [0.1, 0.15) is 42.7 Å². The summed E-state index contributed by atoms with van der Waals surface area (Å²) in [7, 11) is 0. The first-order valence-electron chi connectivity index (χ1n) is 10.3. The maximum absolute atomic E-state index is 13.9. The number of nitrogens with zero attached hydrogens (tertiary/aromatic N) is 2. The molecule has 2 aromatic carbocycles. The molecule has 0 bridgehead atoms. The van der Waals surface area contributed by atoms with Crippen molar-refractivity contribution in [3.05, 3.63) is 71.6 Å². The van der Waals surface area contributed by atoms with E-state index in [4.69, 9.17) is 0 Å². The number of anilines is 1. The van der Waals surface area contributed by atoms with E-state index in [9.17, 15) is 19.6 Å². The van der Waals surface area contributed by atoms with Crippen LogP contribution < -0.4 is 5.32 Å². The molecule has 1 saturated heterocycles. The van der Waals surface area contributed by atoms with Crippen LogP contribution in [0.5, 0.6) is 0 Å². The number of urea groups is 1. The molecule has 2 aliphatic rings. The third kappa shape index (κ3) is 3.69. The molecular weight excluding hydrogens is 381 g/mol. The maximum Gasteiger partial charge on any atom is 0.323 e. The molecule has 0 radical (unpaired) electrons. The zero-order valence-corrected chi connectivity index (χ0v) is 16.6. The number of carbonyl (C=O) groups is 1. The summed E-state index contributed by atoms with van der Waals surface area (Å²) in [4.78, 5) is 14.0. The van der Waals surface area contributed by atoms with Crippen LogP contribution in [-0.2, 0) is 0 Å². The normalized spacial score (nSPS) is 23.2. The van der Waals surface area contributed by atoms with Crippen molar-refractivity contribution in [2.75, 3.05) is 11.9 Å². The van der Waals surface area contributed by atoms with Gasteiger partial charge in [0.05, 0.1) is 24.4 Å². The highest BCUT2D eigenvalue weighted by Gasteiger charge is 2.51. The Balaban J connectivity index is 1.52. The second kappa shape index (κ2) is 8.68. The van der Waals surface area contributed by atoms with E-state index < -0.39 is 23.9 Å². The fourth-order valence-corrected chi connectivity index (χ4v) is 4.45. The van der Waals surface area contributed by atoms with Gasteiger partial charge in [-0.25, -0.2) is 9.18 Å². The van der Waals surface area contributed by atoms with Gasteiger partial charge < -0.3 is 15.3 Å². The first-order chi connectivity index (χ1) is 14.6. The molecule has 2 N–H and O–H groups in total. The van der Waals surface area contributed by atoms with Gasteiger partial charge >= 0.3 is 6.03 Å². The van der Waals surface area contributed by atoms with Crippen LogP contribution in [0.25, 0.3) is 5.57 Å². The molecule has 6 heteroatoms. The van der Waals surface area contributed by atoms with E-state index in [1.54, 1.807) is 6.07 Å². The Morgan fingerprint density at radius 3 is 2.60 bits per heavy atom. The number of nitrogens with one attached hydrogen (secondary N) is 1. The molecule has 5 nitrogen and oxygen atoms in total. The van der Waals surface area contributed by atoms with Gasteiger partial charge in [0.15, 0.2) is 0 Å². The number of benzene rings is 2. The first-order valence-corrected chi connectivity index (χ1v) is 10.3. The van der Waals surface area contributed by atoms with Gasteiger partial charge in [-0.05, 0) is 54.5 Å². The van der Waals surface area contributed by atoms with Gasteiger partial charge in [0.25, 0.3) is 0 Å². The number of likely N-dealkylation sites (tertiary alicyclic amines) is 1. The molecule has 1 fully saturated rings. The van der Waals surface area contributed by atoms with Crippen molar-refractivity contribution in [2.45, 2.75) is 43.7 Å². The van der Waals surface area contributed by atoms with E-state index in [2.05, 4.69) is 29.6 Å². The Bertz CT molecular complexity index is 996. The molecule has 154 valence electrons. The largest absolute Gasteiger partial charge is 0.394 e. The van der Waals surface area contributed by atoms with Gasteiger partial charge in [-0.3, -0.25) is 0 Å². The lowest BCUT2D eigenvalue weighted by Crippen LogP contribution is -2.66. The predicted octanol–water partition coefficient (Wildman–Crippen LogP) is 4.67. The highest BCUT2D eigenvalue weighted by molar-refractivity contribution is 5.91. The quantitative estimate of drug-likeness (QED) is 0.776. The summed E-state index contributed by atoms with van der Waals surface area (Å²) in [5, 5.41) is 22.1. The summed E-state index contributed by atoms with van der Waals surface area (Å²) in [6, 6.07) is 14.2. The third-order valence-electron chi connectivity index (χ3n) is 6.04. The fraction of sp³-hybridized carbons (Fsp3) is 0.333. The van der Waals surface area contributed by atoms with E-state index in [1.807, 2.05) is 12.1 Å². The number of hydrogen-bond donors (Lipinski definition) is 2. The maximum atomic E-state index is 13.9.